The summed E-state index contributed by atoms with van der Waals surface area (Å²) in [7, 11) is 0.333. The van der Waals surface area contributed by atoms with Gasteiger partial charge in [0, 0.05) is 29.6 Å². The zero-order valence-electron chi connectivity index (χ0n) is 12.3. The van der Waals surface area contributed by atoms with Crippen LogP contribution >= 0.6 is 0 Å². The van der Waals surface area contributed by atoms with E-state index >= 15 is 0 Å². The van der Waals surface area contributed by atoms with E-state index in [1.54, 1.807) is 27.0 Å². The van der Waals surface area contributed by atoms with E-state index in [2.05, 4.69) is 5.16 Å². The van der Waals surface area contributed by atoms with E-state index in [0.717, 1.165) is 11.4 Å². The largest absolute Gasteiger partial charge is 0.360 e. The molecule has 5 nitrogen and oxygen atoms in total. The third-order valence-electron chi connectivity index (χ3n) is 3.18. The number of anilines is 1. The summed E-state index contributed by atoms with van der Waals surface area (Å²) in [5.74, 6) is 0.541. The summed E-state index contributed by atoms with van der Waals surface area (Å²) in [6.45, 7) is 3.47. The van der Waals surface area contributed by atoms with Gasteiger partial charge in [0.1, 0.15) is 11.0 Å². The standard InChI is InChI=1S/C15H18N2O3S/c1-11-9-14(20-16-11)10-21(19)12(2)15(18)17(3)13-7-5-4-6-8-13/h4-9,12H,10H2,1-3H3/t12-,21-/m1/s1. The molecule has 0 aliphatic heterocycles. The zero-order valence-corrected chi connectivity index (χ0v) is 13.1. The molecule has 0 aliphatic carbocycles. The number of rotatable bonds is 5. The second kappa shape index (κ2) is 6.67. The predicted molar refractivity (Wildman–Crippen MR) is 82.4 cm³/mol. The molecule has 0 aliphatic rings. The van der Waals surface area contributed by atoms with Gasteiger partial charge in [-0.2, -0.15) is 0 Å². The van der Waals surface area contributed by atoms with Gasteiger partial charge in [0.2, 0.25) is 5.91 Å². The Morgan fingerprint density at radius 2 is 2.05 bits per heavy atom. The maximum atomic E-state index is 12.4. The molecular weight excluding hydrogens is 288 g/mol. The fourth-order valence-electron chi connectivity index (χ4n) is 1.91. The lowest BCUT2D eigenvalue weighted by molar-refractivity contribution is -0.117. The first-order valence-electron chi connectivity index (χ1n) is 6.61. The third-order valence-corrected chi connectivity index (χ3v) is 4.74. The summed E-state index contributed by atoms with van der Waals surface area (Å²) in [6, 6.07) is 11.0. The Kier molecular flexibility index (Phi) is 4.90. The highest BCUT2D eigenvalue weighted by molar-refractivity contribution is 7.85. The Labute approximate surface area is 126 Å². The number of para-hydroxylation sites is 1. The van der Waals surface area contributed by atoms with Crippen molar-refractivity contribution in [3.05, 3.63) is 47.9 Å². The Morgan fingerprint density at radius 1 is 1.38 bits per heavy atom. The topological polar surface area (TPSA) is 63.4 Å². The van der Waals surface area contributed by atoms with Gasteiger partial charge >= 0.3 is 0 Å². The number of nitrogens with zero attached hydrogens (tertiary/aromatic N) is 2. The van der Waals surface area contributed by atoms with Crippen LogP contribution < -0.4 is 4.90 Å². The van der Waals surface area contributed by atoms with Gasteiger partial charge in [0.05, 0.1) is 11.4 Å². The molecule has 0 N–H and O–H groups in total. The molecule has 0 spiro atoms. The van der Waals surface area contributed by atoms with Crippen molar-refractivity contribution in [3.63, 3.8) is 0 Å². The molecule has 21 heavy (non-hydrogen) atoms. The van der Waals surface area contributed by atoms with Crippen LogP contribution in [0.5, 0.6) is 0 Å². The van der Waals surface area contributed by atoms with Crippen molar-refractivity contribution in [1.29, 1.82) is 0 Å². The second-order valence-corrected chi connectivity index (χ2v) is 6.59. The van der Waals surface area contributed by atoms with Gasteiger partial charge < -0.3 is 9.42 Å². The SMILES string of the molecule is Cc1cc(C[S@@](=O)[C@H](C)C(=O)N(C)c2ccccc2)on1. The Hall–Kier alpha value is -1.95. The van der Waals surface area contributed by atoms with Crippen molar-refractivity contribution in [2.24, 2.45) is 0 Å². The molecule has 1 amide bonds. The molecule has 0 saturated carbocycles. The predicted octanol–water partition coefficient (Wildman–Crippen LogP) is 2.28. The minimum absolute atomic E-state index is 0.184. The molecule has 1 heterocycles. The molecule has 2 atom stereocenters. The van der Waals surface area contributed by atoms with Gasteiger partial charge in [-0.1, -0.05) is 23.4 Å². The summed E-state index contributed by atoms with van der Waals surface area (Å²) in [4.78, 5) is 13.9. The first-order chi connectivity index (χ1) is 9.99. The van der Waals surface area contributed by atoms with Crippen LogP contribution in [0.15, 0.2) is 40.9 Å². The average Bonchev–Trinajstić information content (AvgIpc) is 2.90. The van der Waals surface area contributed by atoms with Crippen molar-refractivity contribution in [1.82, 2.24) is 5.16 Å². The maximum absolute atomic E-state index is 12.4. The van der Waals surface area contributed by atoms with E-state index in [9.17, 15) is 9.00 Å². The Morgan fingerprint density at radius 3 is 2.62 bits per heavy atom. The molecule has 2 aromatic rings. The van der Waals surface area contributed by atoms with E-state index < -0.39 is 16.0 Å². The normalized spacial score (nSPS) is 13.7. The highest BCUT2D eigenvalue weighted by atomic mass is 32.2. The highest BCUT2D eigenvalue weighted by Gasteiger charge is 2.25. The summed E-state index contributed by atoms with van der Waals surface area (Å²) < 4.78 is 17.3. The van der Waals surface area contributed by atoms with Gasteiger partial charge in [-0.15, -0.1) is 0 Å². The van der Waals surface area contributed by atoms with Crippen molar-refractivity contribution in [2.45, 2.75) is 24.9 Å². The number of hydrogen-bond acceptors (Lipinski definition) is 4. The fraction of sp³-hybridized carbons (Fsp3) is 0.333. The summed E-state index contributed by atoms with van der Waals surface area (Å²) in [5.41, 5.74) is 1.52. The molecule has 2 rings (SSSR count). The van der Waals surface area contributed by atoms with Crippen LogP contribution in [-0.2, 0) is 21.3 Å². The molecule has 112 valence electrons. The molecule has 0 fully saturated rings. The molecule has 0 saturated heterocycles. The first kappa shape index (κ1) is 15.4. The number of aromatic nitrogens is 1. The van der Waals surface area contributed by atoms with Gasteiger partial charge in [-0.25, -0.2) is 0 Å². The molecule has 1 aromatic heterocycles. The third kappa shape index (κ3) is 3.78. The van der Waals surface area contributed by atoms with Crippen LogP contribution in [0.2, 0.25) is 0 Å². The van der Waals surface area contributed by atoms with Crippen LogP contribution in [-0.4, -0.2) is 27.6 Å². The fourth-order valence-corrected chi connectivity index (χ4v) is 2.96. The van der Waals surface area contributed by atoms with Crippen LogP contribution in [0.1, 0.15) is 18.4 Å². The second-order valence-electron chi connectivity index (χ2n) is 4.83. The van der Waals surface area contributed by atoms with Crippen LogP contribution in [0.3, 0.4) is 0 Å². The Balaban J connectivity index is 2.03. The number of aryl methyl sites for hydroxylation is 1. The van der Waals surface area contributed by atoms with Crippen LogP contribution in [0.4, 0.5) is 5.69 Å². The van der Waals surface area contributed by atoms with E-state index in [4.69, 9.17) is 4.52 Å². The lowest BCUT2D eigenvalue weighted by Crippen LogP contribution is -2.37. The van der Waals surface area contributed by atoms with E-state index in [0.29, 0.717) is 5.76 Å². The summed E-state index contributed by atoms with van der Waals surface area (Å²) in [6.07, 6.45) is 0. The van der Waals surface area contributed by atoms with E-state index in [1.165, 1.54) is 4.90 Å². The zero-order chi connectivity index (χ0) is 15.4. The van der Waals surface area contributed by atoms with Gasteiger partial charge in [0.15, 0.2) is 0 Å². The molecule has 1 aromatic carbocycles. The maximum Gasteiger partial charge on any atom is 0.242 e. The van der Waals surface area contributed by atoms with Crippen LogP contribution in [0, 0.1) is 6.92 Å². The molecule has 6 heteroatoms. The van der Waals surface area contributed by atoms with Crippen molar-refractivity contribution in [3.8, 4) is 0 Å². The average molecular weight is 306 g/mol. The number of amides is 1. The smallest absolute Gasteiger partial charge is 0.242 e. The number of hydrogen-bond donors (Lipinski definition) is 0. The van der Waals surface area contributed by atoms with Gasteiger partial charge in [-0.3, -0.25) is 9.00 Å². The number of carbonyl (C=O) groups is 1. The monoisotopic (exact) mass is 306 g/mol. The highest BCUT2D eigenvalue weighted by Crippen LogP contribution is 2.15. The molecular formula is C15H18N2O3S. The molecule has 0 bridgehead atoms. The molecule has 0 unspecified atom stereocenters. The van der Waals surface area contributed by atoms with E-state index in [-0.39, 0.29) is 11.7 Å². The number of benzene rings is 1. The van der Waals surface area contributed by atoms with E-state index in [1.807, 2.05) is 30.3 Å². The summed E-state index contributed by atoms with van der Waals surface area (Å²) >= 11 is 0. The van der Waals surface area contributed by atoms with Crippen molar-refractivity contribution in [2.75, 3.05) is 11.9 Å². The lowest BCUT2D eigenvalue weighted by atomic mass is 10.3. The van der Waals surface area contributed by atoms with Gasteiger partial charge in [0.25, 0.3) is 0 Å². The Bertz CT molecular complexity index is 639. The number of carbonyl (C=O) groups excluding carboxylic acids is 1. The van der Waals surface area contributed by atoms with Gasteiger partial charge in [-0.05, 0) is 26.0 Å². The minimum Gasteiger partial charge on any atom is -0.360 e. The minimum atomic E-state index is -1.35. The van der Waals surface area contributed by atoms with Crippen molar-refractivity contribution < 1.29 is 13.5 Å². The first-order valence-corrected chi connectivity index (χ1v) is 7.99. The molecule has 0 radical (unpaired) electrons. The lowest BCUT2D eigenvalue weighted by Gasteiger charge is -2.20. The van der Waals surface area contributed by atoms with Crippen molar-refractivity contribution >= 4 is 22.4 Å². The summed E-state index contributed by atoms with van der Waals surface area (Å²) in [5, 5.41) is 3.14. The quantitative estimate of drug-likeness (QED) is 0.850. The van der Waals surface area contributed by atoms with Crippen LogP contribution in [0.25, 0.3) is 0 Å².